The quantitative estimate of drug-likeness (QED) is 0.0648. The number of rotatable bonds is 13. The van der Waals surface area contributed by atoms with Gasteiger partial charge in [-0.15, -0.1) is 0 Å². The van der Waals surface area contributed by atoms with Crippen molar-refractivity contribution in [2.24, 2.45) is 0 Å². The monoisotopic (exact) mass is 928 g/mol. The molecule has 0 saturated heterocycles. The van der Waals surface area contributed by atoms with Gasteiger partial charge in [0.1, 0.15) is 0 Å². The van der Waals surface area contributed by atoms with Crippen LogP contribution in [0, 0.1) is 0 Å². The highest BCUT2D eigenvalue weighted by Gasteiger charge is 2.34. The summed E-state index contributed by atoms with van der Waals surface area (Å²) in [6, 6.07) is 18.1. The Labute approximate surface area is 363 Å². The van der Waals surface area contributed by atoms with Gasteiger partial charge in [0.2, 0.25) is 0 Å². The van der Waals surface area contributed by atoms with E-state index in [1.165, 1.54) is 45.8 Å². The van der Waals surface area contributed by atoms with Crippen LogP contribution in [-0.2, 0) is 33.1 Å². The fraction of sp³-hybridized carbons (Fsp3) is 0.200. The molecular formula is C40H32Cl4N6O8S2. The number of amides is 2. The summed E-state index contributed by atoms with van der Waals surface area (Å²) in [7, 11) is -9.00. The van der Waals surface area contributed by atoms with Crippen LogP contribution in [0.2, 0.25) is 20.1 Å². The van der Waals surface area contributed by atoms with Crippen LogP contribution in [0.15, 0.2) is 82.6 Å². The molecular weight excluding hydrogens is 898 g/mol. The second-order valence-corrected chi connectivity index (χ2v) is 18.8. The number of benzene rings is 4. The average Bonchev–Trinajstić information content (AvgIpc) is 3.94. The fourth-order valence-corrected chi connectivity index (χ4v) is 9.54. The van der Waals surface area contributed by atoms with E-state index in [1.54, 1.807) is 36.4 Å². The third kappa shape index (κ3) is 8.06. The first-order valence-electron chi connectivity index (χ1n) is 18.4. The molecule has 2 heterocycles. The van der Waals surface area contributed by atoms with Crippen LogP contribution in [-0.4, -0.2) is 70.4 Å². The van der Waals surface area contributed by atoms with Crippen molar-refractivity contribution in [3.63, 3.8) is 0 Å². The van der Waals surface area contributed by atoms with Crippen molar-refractivity contribution < 1.29 is 35.5 Å². The third-order valence-electron chi connectivity index (χ3n) is 10.4. The summed E-state index contributed by atoms with van der Waals surface area (Å²) < 4.78 is 70.3. The zero-order chi connectivity index (χ0) is 42.7. The van der Waals surface area contributed by atoms with Crippen molar-refractivity contribution in [3.05, 3.63) is 127 Å². The van der Waals surface area contributed by atoms with Gasteiger partial charge in [0.25, 0.3) is 32.1 Å². The van der Waals surface area contributed by atoms with Gasteiger partial charge >= 0.3 is 0 Å². The molecule has 6 aromatic rings. The molecule has 60 heavy (non-hydrogen) atoms. The summed E-state index contributed by atoms with van der Waals surface area (Å²) in [5.74, 6) is -0.846. The van der Waals surface area contributed by atoms with Gasteiger partial charge in [-0.3, -0.25) is 18.7 Å². The minimum absolute atomic E-state index is 0.151. The zero-order valence-corrected chi connectivity index (χ0v) is 35.7. The highest BCUT2D eigenvalue weighted by atomic mass is 35.5. The Hall–Kier alpha value is -4.78. The molecule has 0 bridgehead atoms. The van der Waals surface area contributed by atoms with Crippen molar-refractivity contribution in [2.75, 3.05) is 13.1 Å². The minimum Gasteiger partial charge on any atom is -0.351 e. The molecule has 0 fully saturated rings. The van der Waals surface area contributed by atoms with Gasteiger partial charge in [-0.1, -0.05) is 71.4 Å². The standard InChI is InChI=1S/C40H32Cl4N6O8S2/c41-23-7-11-33(31(43)17-23)49-37-27-19-25(59(53,54)55)9-5-21(27)15-29(37)35(47-49)39(51)45-13-3-1-2-4-14-46-40(52)36-30-16-22-6-10-26(60(56,57)58)20-28(22)38(30)50(48-36)34-12-8-24(42)18-32(34)44/h5-12,17-20H,1-4,13-16H2,(H,45,51)(H,46,52)(H,53,54,55)(H,56,57,58). The summed E-state index contributed by atoms with van der Waals surface area (Å²) in [4.78, 5) is 26.5. The molecule has 2 aromatic heterocycles. The van der Waals surface area contributed by atoms with E-state index in [4.69, 9.17) is 46.4 Å². The first kappa shape index (κ1) is 41.9. The summed E-state index contributed by atoms with van der Waals surface area (Å²) in [6.45, 7) is 0.677. The lowest BCUT2D eigenvalue weighted by atomic mass is 10.1. The van der Waals surface area contributed by atoms with Crippen molar-refractivity contribution in [3.8, 4) is 33.9 Å². The number of fused-ring (bicyclic) bond motifs is 6. The average molecular weight is 931 g/mol. The molecule has 2 amide bonds. The van der Waals surface area contributed by atoms with Gasteiger partial charge < -0.3 is 10.6 Å². The smallest absolute Gasteiger partial charge is 0.294 e. The van der Waals surface area contributed by atoms with Gasteiger partial charge in [-0.25, -0.2) is 9.36 Å². The topological polar surface area (TPSA) is 203 Å². The molecule has 20 heteroatoms. The Balaban J connectivity index is 0.903. The number of carbonyl (C=O) groups is 2. The SMILES string of the molecule is O=C(NCCCCCCNC(=O)c1nn(-c2ccc(Cl)cc2Cl)c2c1Cc1ccc(S(=O)(=O)O)cc1-2)c1nn(-c2ccc(Cl)cc2Cl)c2c1Cc1ccc(S(=O)(=O)O)cc1-2. The number of nitrogens with zero attached hydrogens (tertiary/aromatic N) is 4. The maximum Gasteiger partial charge on any atom is 0.294 e. The van der Waals surface area contributed by atoms with Crippen molar-refractivity contribution >= 4 is 78.5 Å². The summed E-state index contributed by atoms with van der Waals surface area (Å²) in [5.41, 5.74) is 5.76. The zero-order valence-electron chi connectivity index (χ0n) is 31.0. The minimum atomic E-state index is -4.50. The number of unbranched alkanes of at least 4 members (excludes halogenated alkanes) is 3. The lowest BCUT2D eigenvalue weighted by molar-refractivity contribution is 0.0937. The van der Waals surface area contributed by atoms with Gasteiger partial charge in [0.15, 0.2) is 11.4 Å². The predicted molar refractivity (Wildman–Crippen MR) is 226 cm³/mol. The molecule has 0 atom stereocenters. The van der Waals surface area contributed by atoms with Gasteiger partial charge in [0, 0.05) is 58.2 Å². The van der Waals surface area contributed by atoms with E-state index in [9.17, 15) is 35.5 Å². The largest absolute Gasteiger partial charge is 0.351 e. The van der Waals surface area contributed by atoms with E-state index in [-0.39, 0.29) is 31.2 Å². The van der Waals surface area contributed by atoms with Crippen molar-refractivity contribution in [1.29, 1.82) is 0 Å². The van der Waals surface area contributed by atoms with Crippen LogP contribution in [0.4, 0.5) is 0 Å². The molecule has 8 rings (SSSR count). The second kappa shape index (κ2) is 16.2. The maximum absolute atomic E-state index is 13.6. The maximum atomic E-state index is 13.6. The number of hydrogen-bond acceptors (Lipinski definition) is 8. The van der Waals surface area contributed by atoms with Crippen molar-refractivity contribution in [1.82, 2.24) is 30.2 Å². The van der Waals surface area contributed by atoms with Crippen LogP contribution in [0.25, 0.3) is 33.9 Å². The predicted octanol–water partition coefficient (Wildman–Crippen LogP) is 8.03. The van der Waals surface area contributed by atoms with Crippen molar-refractivity contribution in [2.45, 2.75) is 48.3 Å². The van der Waals surface area contributed by atoms with Crippen LogP contribution >= 0.6 is 46.4 Å². The third-order valence-corrected chi connectivity index (χ3v) is 13.1. The molecule has 14 nitrogen and oxygen atoms in total. The van der Waals surface area contributed by atoms with E-state index in [2.05, 4.69) is 20.8 Å². The van der Waals surface area contributed by atoms with Crippen LogP contribution < -0.4 is 10.6 Å². The van der Waals surface area contributed by atoms with Gasteiger partial charge in [0.05, 0.1) is 42.6 Å². The molecule has 0 saturated carbocycles. The fourth-order valence-electron chi connectivity index (χ4n) is 7.55. The number of carbonyl (C=O) groups excluding carboxylic acids is 2. The Morgan fingerprint density at radius 2 is 0.983 bits per heavy atom. The van der Waals surface area contributed by atoms with E-state index < -0.39 is 32.1 Å². The number of halogens is 4. The van der Waals surface area contributed by atoms with E-state index in [1.807, 2.05) is 0 Å². The second-order valence-electron chi connectivity index (χ2n) is 14.2. The molecule has 2 aliphatic rings. The highest BCUT2D eigenvalue weighted by Crippen LogP contribution is 2.44. The molecule has 2 aliphatic carbocycles. The Morgan fingerprint density at radius 3 is 1.35 bits per heavy atom. The Morgan fingerprint density at radius 1 is 0.583 bits per heavy atom. The lowest BCUT2D eigenvalue weighted by Crippen LogP contribution is -2.26. The van der Waals surface area contributed by atoms with Gasteiger partial charge in [-0.2, -0.15) is 27.0 Å². The molecule has 0 aliphatic heterocycles. The molecule has 0 spiro atoms. The molecule has 310 valence electrons. The van der Waals surface area contributed by atoms with E-state index in [0.717, 1.165) is 24.0 Å². The summed E-state index contributed by atoms with van der Waals surface area (Å²) in [6.07, 6.45) is 3.33. The normalized spacial score (nSPS) is 12.8. The number of nitrogens with one attached hydrogen (secondary N) is 2. The molecule has 0 radical (unpaired) electrons. The highest BCUT2D eigenvalue weighted by molar-refractivity contribution is 7.86. The first-order valence-corrected chi connectivity index (χ1v) is 22.8. The lowest BCUT2D eigenvalue weighted by Gasteiger charge is -2.11. The summed E-state index contributed by atoms with van der Waals surface area (Å²) >= 11 is 25.3. The molecule has 4 aromatic carbocycles. The Kier molecular flexibility index (Phi) is 11.4. The van der Waals surface area contributed by atoms with E-state index >= 15 is 0 Å². The number of hydrogen-bond donors (Lipinski definition) is 4. The van der Waals surface area contributed by atoms with Gasteiger partial charge in [-0.05, 0) is 84.6 Å². The summed E-state index contributed by atoms with van der Waals surface area (Å²) in [5, 5.41) is 16.4. The van der Waals surface area contributed by atoms with Crippen LogP contribution in [0.1, 0.15) is 68.9 Å². The Bertz CT molecular complexity index is 2800. The first-order chi connectivity index (χ1) is 28.5. The number of aromatic nitrogens is 4. The van der Waals surface area contributed by atoms with E-state index in [0.29, 0.717) is 93.8 Å². The van der Waals surface area contributed by atoms with Crippen LogP contribution in [0.5, 0.6) is 0 Å². The molecule has 0 unspecified atom stereocenters. The van der Waals surface area contributed by atoms with Crippen LogP contribution in [0.3, 0.4) is 0 Å². The molecule has 4 N–H and O–H groups in total.